The van der Waals surface area contributed by atoms with E-state index in [1.165, 1.54) is 96.3 Å². The second-order valence-electron chi connectivity index (χ2n) is 16.1. The van der Waals surface area contributed by atoms with Crippen LogP contribution < -0.4 is 5.32 Å². The monoisotopic (exact) mass is 788 g/mol. The highest BCUT2D eigenvalue weighted by atomic mass is 16.7. The van der Waals surface area contributed by atoms with E-state index in [2.05, 4.69) is 31.3 Å². The largest absolute Gasteiger partial charge is 0.394 e. The Hall–Kier alpha value is -1.15. The predicted octanol–water partition coefficient (Wildman–Crippen LogP) is 6.89. The van der Waals surface area contributed by atoms with Crippen LogP contribution in [0.4, 0.5) is 0 Å². The summed E-state index contributed by atoms with van der Waals surface area (Å²) in [5.41, 5.74) is 0. The molecule has 0 aromatic heterocycles. The normalized spacial score (nSPS) is 22.5. The molecule has 0 spiro atoms. The fraction of sp³-hybridized carbons (Fsp3) is 0.932. The molecule has 0 bridgehead atoms. The molecule has 1 heterocycles. The zero-order valence-electron chi connectivity index (χ0n) is 34.9. The first-order valence-corrected chi connectivity index (χ1v) is 22.6. The van der Waals surface area contributed by atoms with Gasteiger partial charge < -0.3 is 50.5 Å². The van der Waals surface area contributed by atoms with Gasteiger partial charge >= 0.3 is 0 Å². The Morgan fingerprint density at radius 2 is 1.05 bits per heavy atom. The van der Waals surface area contributed by atoms with Gasteiger partial charge in [-0.2, -0.15) is 0 Å². The molecule has 0 radical (unpaired) electrons. The first-order valence-electron chi connectivity index (χ1n) is 22.6. The molecule has 1 fully saturated rings. The van der Waals surface area contributed by atoms with E-state index in [1.54, 1.807) is 0 Å². The van der Waals surface area contributed by atoms with E-state index in [1.807, 2.05) is 0 Å². The van der Waals surface area contributed by atoms with Gasteiger partial charge in [-0.25, -0.2) is 0 Å². The van der Waals surface area contributed by atoms with E-state index in [0.717, 1.165) is 57.8 Å². The fourth-order valence-corrected chi connectivity index (χ4v) is 7.26. The highest BCUT2D eigenvalue weighted by Crippen LogP contribution is 2.23. The first kappa shape index (κ1) is 51.9. The highest BCUT2D eigenvalue weighted by Gasteiger charge is 2.44. The number of amides is 1. The number of carbonyl (C=O) groups is 1. The molecule has 0 aliphatic carbocycles. The standard InChI is InChI=1S/C44H85NO10/c1-3-5-7-9-11-13-15-17-18-19-20-22-23-25-27-29-31-36(47)39(49)35(34-54-44-42(52)41(51)40(50)38(33-46)55-44)45-43(53)37(48)32-30-28-26-24-21-16-14-12-10-8-6-4-2/h17-18,35-42,44,46-52H,3-16,19-34H2,1-2H3,(H,45,53)/b18-17-/t35-,36+,37+,38?,39-,40+,41?,42?,44+/m0/s1. The van der Waals surface area contributed by atoms with Gasteiger partial charge in [0.05, 0.1) is 25.4 Å². The van der Waals surface area contributed by atoms with Gasteiger partial charge in [0, 0.05) is 0 Å². The maximum absolute atomic E-state index is 13.0. The van der Waals surface area contributed by atoms with Gasteiger partial charge in [0.15, 0.2) is 6.29 Å². The Bertz CT molecular complexity index is 908. The molecule has 0 saturated carbocycles. The Balaban J connectivity index is 2.48. The van der Waals surface area contributed by atoms with Crippen LogP contribution in [-0.2, 0) is 14.3 Å². The van der Waals surface area contributed by atoms with Crippen molar-refractivity contribution < 1.29 is 50.0 Å². The van der Waals surface area contributed by atoms with E-state index in [-0.39, 0.29) is 6.42 Å². The minimum absolute atomic E-state index is 0.262. The average molecular weight is 788 g/mol. The van der Waals surface area contributed by atoms with Crippen LogP contribution >= 0.6 is 0 Å². The van der Waals surface area contributed by atoms with Gasteiger partial charge in [-0.05, 0) is 38.5 Å². The van der Waals surface area contributed by atoms with Crippen molar-refractivity contribution in [1.82, 2.24) is 5.32 Å². The molecule has 1 aliphatic rings. The molecule has 11 nitrogen and oxygen atoms in total. The minimum Gasteiger partial charge on any atom is -0.394 e. The van der Waals surface area contributed by atoms with E-state index in [4.69, 9.17) is 9.47 Å². The fourth-order valence-electron chi connectivity index (χ4n) is 7.26. The van der Waals surface area contributed by atoms with Crippen molar-refractivity contribution in [3.8, 4) is 0 Å². The molecule has 3 unspecified atom stereocenters. The number of nitrogens with one attached hydrogen (secondary N) is 1. The van der Waals surface area contributed by atoms with Crippen LogP contribution in [-0.4, -0.2) is 110 Å². The molecule has 1 amide bonds. The third-order valence-corrected chi connectivity index (χ3v) is 11.1. The lowest BCUT2D eigenvalue weighted by atomic mass is 9.98. The zero-order chi connectivity index (χ0) is 40.5. The van der Waals surface area contributed by atoms with Crippen LogP contribution in [0.5, 0.6) is 0 Å². The van der Waals surface area contributed by atoms with Crippen LogP contribution in [0.25, 0.3) is 0 Å². The lowest BCUT2D eigenvalue weighted by Crippen LogP contribution is -2.60. The molecular weight excluding hydrogens is 702 g/mol. The molecule has 0 aromatic rings. The van der Waals surface area contributed by atoms with Crippen molar-refractivity contribution in [3.63, 3.8) is 0 Å². The van der Waals surface area contributed by atoms with Crippen molar-refractivity contribution in [2.24, 2.45) is 0 Å². The topological polar surface area (TPSA) is 189 Å². The highest BCUT2D eigenvalue weighted by molar-refractivity contribution is 5.80. The molecule has 1 saturated heterocycles. The SMILES string of the molecule is CCCCCCCC/C=C\CCCCCCCC[C@@H](O)[C@@H](O)[C@H](CO[C@@H]1OC(CO)[C@@H](O)C(O)C1O)NC(=O)[C@H](O)CCCCCCCCCCCCCC. The number of aliphatic hydroxyl groups excluding tert-OH is 7. The van der Waals surface area contributed by atoms with E-state index >= 15 is 0 Å². The summed E-state index contributed by atoms with van der Waals surface area (Å²) >= 11 is 0. The van der Waals surface area contributed by atoms with Gasteiger partial charge in [-0.1, -0.05) is 167 Å². The van der Waals surface area contributed by atoms with E-state index in [9.17, 15) is 40.5 Å². The predicted molar refractivity (Wildman–Crippen MR) is 219 cm³/mol. The van der Waals surface area contributed by atoms with Crippen LogP contribution in [0.2, 0.25) is 0 Å². The molecule has 11 heteroatoms. The molecule has 1 rings (SSSR count). The summed E-state index contributed by atoms with van der Waals surface area (Å²) in [5.74, 6) is -0.700. The third-order valence-electron chi connectivity index (χ3n) is 11.1. The average Bonchev–Trinajstić information content (AvgIpc) is 3.18. The Morgan fingerprint density at radius 1 is 0.618 bits per heavy atom. The summed E-state index contributed by atoms with van der Waals surface area (Å²) in [5, 5.41) is 75.5. The number of unbranched alkanes of at least 4 members (excludes halogenated alkanes) is 23. The lowest BCUT2D eigenvalue weighted by Gasteiger charge is -2.40. The van der Waals surface area contributed by atoms with Crippen molar-refractivity contribution in [2.45, 2.75) is 249 Å². The summed E-state index contributed by atoms with van der Waals surface area (Å²) in [6.07, 6.45) is 24.0. The second-order valence-corrected chi connectivity index (χ2v) is 16.1. The van der Waals surface area contributed by atoms with Crippen molar-refractivity contribution >= 4 is 5.91 Å². The van der Waals surface area contributed by atoms with Crippen LogP contribution in [0.3, 0.4) is 0 Å². The van der Waals surface area contributed by atoms with E-state index in [0.29, 0.717) is 19.3 Å². The maximum Gasteiger partial charge on any atom is 0.249 e. The molecule has 0 aromatic carbocycles. The third kappa shape index (κ3) is 25.1. The summed E-state index contributed by atoms with van der Waals surface area (Å²) in [4.78, 5) is 13.0. The molecule has 326 valence electrons. The van der Waals surface area contributed by atoms with Gasteiger partial charge in [-0.15, -0.1) is 0 Å². The number of rotatable bonds is 37. The Morgan fingerprint density at radius 3 is 1.53 bits per heavy atom. The van der Waals surface area contributed by atoms with Gasteiger partial charge in [0.1, 0.15) is 36.6 Å². The van der Waals surface area contributed by atoms with Crippen molar-refractivity contribution in [3.05, 3.63) is 12.2 Å². The number of hydrogen-bond acceptors (Lipinski definition) is 10. The molecule has 55 heavy (non-hydrogen) atoms. The zero-order valence-corrected chi connectivity index (χ0v) is 34.9. The van der Waals surface area contributed by atoms with Gasteiger partial charge in [0.2, 0.25) is 5.91 Å². The number of aliphatic hydroxyl groups is 7. The Labute approximate surface area is 334 Å². The lowest BCUT2D eigenvalue weighted by molar-refractivity contribution is -0.303. The number of hydrogen-bond donors (Lipinski definition) is 8. The minimum atomic E-state index is -1.66. The van der Waals surface area contributed by atoms with Crippen LogP contribution in [0.1, 0.15) is 194 Å². The molecule has 9 atom stereocenters. The number of ether oxygens (including phenoxy) is 2. The summed E-state index contributed by atoms with van der Waals surface area (Å²) in [6.45, 7) is 3.42. The van der Waals surface area contributed by atoms with E-state index < -0.39 is 74.2 Å². The number of allylic oxidation sites excluding steroid dienone is 2. The quantitative estimate of drug-likeness (QED) is 0.0243. The van der Waals surface area contributed by atoms with Gasteiger partial charge in [0.25, 0.3) is 0 Å². The summed E-state index contributed by atoms with van der Waals surface area (Å²) < 4.78 is 11.1. The molecular formula is C44H85NO10. The second kappa shape index (κ2) is 34.9. The Kier molecular flexibility index (Phi) is 32.9. The van der Waals surface area contributed by atoms with Crippen molar-refractivity contribution in [1.29, 1.82) is 0 Å². The first-order chi connectivity index (χ1) is 26.7. The smallest absolute Gasteiger partial charge is 0.249 e. The van der Waals surface area contributed by atoms with Crippen LogP contribution in [0.15, 0.2) is 12.2 Å². The van der Waals surface area contributed by atoms with Crippen LogP contribution in [0, 0.1) is 0 Å². The van der Waals surface area contributed by atoms with Gasteiger partial charge in [-0.3, -0.25) is 4.79 Å². The van der Waals surface area contributed by atoms with Crippen molar-refractivity contribution in [2.75, 3.05) is 13.2 Å². The summed E-state index contributed by atoms with van der Waals surface area (Å²) in [7, 11) is 0. The molecule has 8 N–H and O–H groups in total. The molecule has 1 aliphatic heterocycles. The number of carbonyl (C=O) groups excluding carboxylic acids is 1. The maximum atomic E-state index is 13.0. The summed E-state index contributed by atoms with van der Waals surface area (Å²) in [6, 6.07) is -1.17.